The summed E-state index contributed by atoms with van der Waals surface area (Å²) < 4.78 is 4.56. The van der Waals surface area contributed by atoms with Crippen molar-refractivity contribution in [3.05, 3.63) is 48.3 Å². The number of carbonyl (C=O) groups excluding carboxylic acids is 2. The van der Waals surface area contributed by atoms with Gasteiger partial charge in [-0.3, -0.25) is 4.79 Å². The van der Waals surface area contributed by atoms with Gasteiger partial charge in [0.2, 0.25) is 5.91 Å². The maximum absolute atomic E-state index is 12.8. The molecule has 3 atom stereocenters. The minimum Gasteiger partial charge on any atom is -0.467 e. The molecule has 0 aliphatic rings. The van der Waals surface area contributed by atoms with Gasteiger partial charge < -0.3 is 25.8 Å². The van der Waals surface area contributed by atoms with Crippen molar-refractivity contribution in [2.45, 2.75) is 58.3 Å². The Balaban J connectivity index is 2.70. The normalized spacial score (nSPS) is 13.9. The number of aliphatic hydroxyl groups is 1. The number of esters is 1. The second-order valence-electron chi connectivity index (χ2n) is 7.14. The molecule has 0 saturated carbocycles. The maximum Gasteiger partial charge on any atom is 0.336 e. The Bertz CT molecular complexity index is 634. The Labute approximate surface area is 167 Å². The summed E-state index contributed by atoms with van der Waals surface area (Å²) in [5.74, 6) is -0.275. The molecule has 1 aromatic carbocycles. The lowest BCUT2D eigenvalue weighted by Gasteiger charge is -2.27. The minimum atomic E-state index is -1.40. The van der Waals surface area contributed by atoms with Crippen LogP contribution in [-0.4, -0.2) is 42.3 Å². The molecule has 28 heavy (non-hydrogen) atoms. The van der Waals surface area contributed by atoms with Crippen LogP contribution in [0.25, 0.3) is 0 Å². The summed E-state index contributed by atoms with van der Waals surface area (Å²) >= 11 is 0. The summed E-state index contributed by atoms with van der Waals surface area (Å²) in [5, 5.41) is 19.1. The maximum atomic E-state index is 12.8. The minimum absolute atomic E-state index is 0.260. The molecule has 7 nitrogen and oxygen atoms in total. The van der Waals surface area contributed by atoms with E-state index in [1.165, 1.54) is 7.11 Å². The van der Waals surface area contributed by atoms with Gasteiger partial charge in [-0.15, -0.1) is 0 Å². The predicted molar refractivity (Wildman–Crippen MR) is 109 cm³/mol. The highest BCUT2D eigenvalue weighted by Gasteiger charge is 2.29. The SMILES string of the molecule is C=C(NCc1ccccc1)N[C@@H](CC(C)C)C(=O)NC(CC)C(O)C(=O)OC. The van der Waals surface area contributed by atoms with Crippen LogP contribution in [0.5, 0.6) is 0 Å². The van der Waals surface area contributed by atoms with E-state index in [0.29, 0.717) is 25.2 Å². The van der Waals surface area contributed by atoms with E-state index < -0.39 is 24.2 Å². The average Bonchev–Trinajstić information content (AvgIpc) is 2.69. The molecule has 2 unspecified atom stereocenters. The zero-order valence-electron chi connectivity index (χ0n) is 17.2. The first kappa shape index (κ1) is 23.5. The van der Waals surface area contributed by atoms with Crippen molar-refractivity contribution in [2.24, 2.45) is 5.92 Å². The molecule has 0 fully saturated rings. The number of nitrogens with one attached hydrogen (secondary N) is 3. The summed E-state index contributed by atoms with van der Waals surface area (Å²) in [6.45, 7) is 10.3. The highest BCUT2D eigenvalue weighted by Crippen LogP contribution is 2.09. The van der Waals surface area contributed by atoms with E-state index in [4.69, 9.17) is 0 Å². The van der Waals surface area contributed by atoms with E-state index in [2.05, 4.69) is 27.3 Å². The first-order valence-corrected chi connectivity index (χ1v) is 9.57. The lowest BCUT2D eigenvalue weighted by molar-refractivity contribution is -0.152. The molecule has 1 rings (SSSR count). The number of methoxy groups -OCH3 is 1. The third-order valence-electron chi connectivity index (χ3n) is 4.31. The van der Waals surface area contributed by atoms with Gasteiger partial charge in [0.05, 0.1) is 19.0 Å². The van der Waals surface area contributed by atoms with Gasteiger partial charge in [-0.05, 0) is 24.3 Å². The van der Waals surface area contributed by atoms with Crippen LogP contribution in [0.2, 0.25) is 0 Å². The molecule has 0 aliphatic heterocycles. The lowest BCUT2D eigenvalue weighted by Crippen LogP contribution is -2.53. The standard InChI is InChI=1S/C21H33N3O4/c1-6-17(19(25)21(27)28-5)24-20(26)18(12-14(2)3)23-15(4)22-13-16-10-8-7-9-11-16/h7-11,14,17-19,22-23,25H,4,6,12-13H2,1-3,5H3,(H,24,26)/t17?,18-,19?/m0/s1. The molecular weight excluding hydrogens is 358 g/mol. The molecule has 0 spiro atoms. The van der Waals surface area contributed by atoms with E-state index in [1.54, 1.807) is 6.92 Å². The van der Waals surface area contributed by atoms with E-state index in [9.17, 15) is 14.7 Å². The van der Waals surface area contributed by atoms with Crippen molar-refractivity contribution in [2.75, 3.05) is 7.11 Å². The van der Waals surface area contributed by atoms with Gasteiger partial charge in [-0.25, -0.2) is 4.79 Å². The van der Waals surface area contributed by atoms with Crippen molar-refractivity contribution in [1.82, 2.24) is 16.0 Å². The third-order valence-corrected chi connectivity index (χ3v) is 4.31. The van der Waals surface area contributed by atoms with Crippen LogP contribution in [0, 0.1) is 5.92 Å². The highest BCUT2D eigenvalue weighted by atomic mass is 16.5. The monoisotopic (exact) mass is 391 g/mol. The smallest absolute Gasteiger partial charge is 0.336 e. The third kappa shape index (κ3) is 8.00. The molecule has 1 amide bonds. The van der Waals surface area contributed by atoms with Gasteiger partial charge in [-0.2, -0.15) is 0 Å². The fraction of sp³-hybridized carbons (Fsp3) is 0.524. The Hall–Kier alpha value is -2.54. The number of benzene rings is 1. The van der Waals surface area contributed by atoms with E-state index in [-0.39, 0.29) is 11.8 Å². The zero-order chi connectivity index (χ0) is 21.1. The first-order chi connectivity index (χ1) is 13.3. The van der Waals surface area contributed by atoms with Gasteiger partial charge in [0.15, 0.2) is 6.10 Å². The number of rotatable bonds is 12. The number of hydrogen-bond donors (Lipinski definition) is 4. The number of ether oxygens (including phenoxy) is 1. The Kier molecular flexibility index (Phi) is 10.1. The second-order valence-corrected chi connectivity index (χ2v) is 7.14. The summed E-state index contributed by atoms with van der Waals surface area (Å²) in [6.07, 6.45) is -0.440. The van der Waals surface area contributed by atoms with Crippen LogP contribution in [0.4, 0.5) is 0 Å². The number of carbonyl (C=O) groups is 2. The average molecular weight is 392 g/mol. The van der Waals surface area contributed by atoms with Gasteiger partial charge in [0, 0.05) is 6.54 Å². The summed E-state index contributed by atoms with van der Waals surface area (Å²) in [7, 11) is 1.20. The number of hydrogen-bond acceptors (Lipinski definition) is 6. The van der Waals surface area contributed by atoms with Crippen molar-refractivity contribution in [1.29, 1.82) is 0 Å². The lowest BCUT2D eigenvalue weighted by atomic mass is 10.0. The molecule has 0 heterocycles. The Morgan fingerprint density at radius 2 is 1.82 bits per heavy atom. The van der Waals surface area contributed by atoms with Crippen molar-refractivity contribution < 1.29 is 19.4 Å². The topological polar surface area (TPSA) is 99.7 Å². The van der Waals surface area contributed by atoms with Gasteiger partial charge in [-0.1, -0.05) is 57.7 Å². The largest absolute Gasteiger partial charge is 0.467 e. The molecule has 0 saturated heterocycles. The van der Waals surface area contributed by atoms with Crippen molar-refractivity contribution >= 4 is 11.9 Å². The number of amides is 1. The van der Waals surface area contributed by atoms with Crippen LogP contribution in [-0.2, 0) is 20.9 Å². The van der Waals surface area contributed by atoms with E-state index >= 15 is 0 Å². The van der Waals surface area contributed by atoms with Crippen molar-refractivity contribution in [3.8, 4) is 0 Å². The second kappa shape index (κ2) is 12.0. The van der Waals surface area contributed by atoms with Gasteiger partial charge in [0.25, 0.3) is 0 Å². The van der Waals surface area contributed by atoms with Crippen LogP contribution >= 0.6 is 0 Å². The molecule has 0 radical (unpaired) electrons. The fourth-order valence-corrected chi connectivity index (χ4v) is 2.74. The quantitative estimate of drug-likeness (QED) is 0.405. The Morgan fingerprint density at radius 3 is 2.36 bits per heavy atom. The predicted octanol–water partition coefficient (Wildman–Crippen LogP) is 1.68. The van der Waals surface area contributed by atoms with Gasteiger partial charge >= 0.3 is 5.97 Å². The molecule has 7 heteroatoms. The molecule has 0 aromatic heterocycles. The molecule has 0 aliphatic carbocycles. The molecule has 1 aromatic rings. The van der Waals surface area contributed by atoms with Crippen LogP contribution in [0.15, 0.2) is 42.7 Å². The van der Waals surface area contributed by atoms with Crippen LogP contribution in [0.3, 0.4) is 0 Å². The van der Waals surface area contributed by atoms with E-state index in [1.807, 2.05) is 44.2 Å². The summed E-state index contributed by atoms with van der Waals surface area (Å²) in [6, 6.07) is 8.60. The van der Waals surface area contributed by atoms with Crippen LogP contribution < -0.4 is 16.0 Å². The van der Waals surface area contributed by atoms with Crippen LogP contribution in [0.1, 0.15) is 39.2 Å². The first-order valence-electron chi connectivity index (χ1n) is 9.57. The molecule has 0 bridgehead atoms. The number of aliphatic hydroxyl groups excluding tert-OH is 1. The van der Waals surface area contributed by atoms with Gasteiger partial charge in [0.1, 0.15) is 6.04 Å². The summed E-state index contributed by atoms with van der Waals surface area (Å²) in [4.78, 5) is 24.3. The van der Waals surface area contributed by atoms with E-state index in [0.717, 1.165) is 5.56 Å². The fourth-order valence-electron chi connectivity index (χ4n) is 2.74. The summed E-state index contributed by atoms with van der Waals surface area (Å²) in [5.41, 5.74) is 1.10. The highest BCUT2D eigenvalue weighted by molar-refractivity contribution is 5.83. The molecular formula is C21H33N3O4. The van der Waals surface area contributed by atoms with Crippen molar-refractivity contribution in [3.63, 3.8) is 0 Å². The molecule has 4 N–H and O–H groups in total. The molecule has 156 valence electrons. The Morgan fingerprint density at radius 1 is 1.18 bits per heavy atom. The zero-order valence-corrected chi connectivity index (χ0v) is 17.2.